The molecule has 0 spiro atoms. The van der Waals surface area contributed by atoms with Crippen LogP contribution >= 0.6 is 22.9 Å². The monoisotopic (exact) mass is 391 g/mol. The number of hydrogen-bond donors (Lipinski definition) is 1. The third-order valence-electron chi connectivity index (χ3n) is 3.50. The average molecular weight is 392 g/mol. The molecule has 0 aliphatic rings. The number of methoxy groups -OCH3 is 1. The van der Waals surface area contributed by atoms with Gasteiger partial charge in [0, 0.05) is 17.3 Å². The Morgan fingerprint density at radius 2 is 2.00 bits per heavy atom. The molecule has 26 heavy (non-hydrogen) atoms. The number of halogens is 2. The van der Waals surface area contributed by atoms with Crippen molar-refractivity contribution in [3.05, 3.63) is 75.2 Å². The molecule has 0 saturated carbocycles. The minimum absolute atomic E-state index is 0.0404. The van der Waals surface area contributed by atoms with Crippen molar-refractivity contribution in [2.24, 2.45) is 0 Å². The van der Waals surface area contributed by atoms with Gasteiger partial charge in [0.05, 0.1) is 17.0 Å². The summed E-state index contributed by atoms with van der Waals surface area (Å²) in [4.78, 5) is 12.8. The van der Waals surface area contributed by atoms with Crippen LogP contribution in [0.25, 0.3) is 0 Å². The standard InChI is InChI=1S/C19H15ClFNO3S/c1-24-14-3-2-4-15(9-14)25-10-12-7-18(26-11-12)19(23)22-13-5-6-17(21)16(20)8-13/h2-9,11H,10H2,1H3,(H,22,23). The van der Waals surface area contributed by atoms with E-state index >= 15 is 0 Å². The number of ether oxygens (including phenoxy) is 2. The van der Waals surface area contributed by atoms with Crippen LogP contribution in [0.3, 0.4) is 0 Å². The van der Waals surface area contributed by atoms with Crippen LogP contribution in [0.5, 0.6) is 11.5 Å². The van der Waals surface area contributed by atoms with E-state index in [0.717, 1.165) is 5.56 Å². The van der Waals surface area contributed by atoms with E-state index in [9.17, 15) is 9.18 Å². The minimum atomic E-state index is -0.530. The van der Waals surface area contributed by atoms with E-state index in [1.54, 1.807) is 19.2 Å². The van der Waals surface area contributed by atoms with Crippen molar-refractivity contribution in [2.45, 2.75) is 6.61 Å². The van der Waals surface area contributed by atoms with Crippen LogP contribution in [0.4, 0.5) is 10.1 Å². The van der Waals surface area contributed by atoms with Crippen LogP contribution in [0.1, 0.15) is 15.2 Å². The van der Waals surface area contributed by atoms with Crippen molar-refractivity contribution < 1.29 is 18.7 Å². The van der Waals surface area contributed by atoms with Gasteiger partial charge in [-0.15, -0.1) is 11.3 Å². The number of rotatable bonds is 6. The smallest absolute Gasteiger partial charge is 0.265 e. The Morgan fingerprint density at radius 1 is 1.19 bits per heavy atom. The van der Waals surface area contributed by atoms with Gasteiger partial charge in [0.1, 0.15) is 23.9 Å². The van der Waals surface area contributed by atoms with E-state index in [1.165, 1.54) is 29.5 Å². The largest absolute Gasteiger partial charge is 0.497 e. The summed E-state index contributed by atoms with van der Waals surface area (Å²) in [5.74, 6) is 0.580. The van der Waals surface area contributed by atoms with Crippen molar-refractivity contribution in [1.82, 2.24) is 0 Å². The first-order valence-corrected chi connectivity index (χ1v) is 8.91. The summed E-state index contributed by atoms with van der Waals surface area (Å²) in [5, 5.41) is 4.50. The summed E-state index contributed by atoms with van der Waals surface area (Å²) in [6.45, 7) is 0.333. The summed E-state index contributed by atoms with van der Waals surface area (Å²) in [6, 6.07) is 13.1. The highest BCUT2D eigenvalue weighted by atomic mass is 35.5. The Kier molecular flexibility index (Phi) is 5.75. The van der Waals surface area contributed by atoms with Gasteiger partial charge in [-0.05, 0) is 41.8 Å². The Hall–Kier alpha value is -2.57. The summed E-state index contributed by atoms with van der Waals surface area (Å²) in [6.07, 6.45) is 0. The average Bonchev–Trinajstić information content (AvgIpc) is 3.12. The molecule has 1 aromatic heterocycles. The minimum Gasteiger partial charge on any atom is -0.497 e. The number of hydrogen-bond acceptors (Lipinski definition) is 4. The summed E-state index contributed by atoms with van der Waals surface area (Å²) in [5.41, 5.74) is 1.31. The molecule has 4 nitrogen and oxygen atoms in total. The van der Waals surface area contributed by atoms with Gasteiger partial charge < -0.3 is 14.8 Å². The van der Waals surface area contributed by atoms with E-state index in [4.69, 9.17) is 21.1 Å². The van der Waals surface area contributed by atoms with Gasteiger partial charge in [0.15, 0.2) is 0 Å². The molecule has 1 heterocycles. The van der Waals surface area contributed by atoms with Crippen molar-refractivity contribution in [3.8, 4) is 11.5 Å². The molecule has 3 rings (SSSR count). The summed E-state index contributed by atoms with van der Waals surface area (Å²) >= 11 is 7.02. The Labute approximate surface area is 159 Å². The summed E-state index contributed by atoms with van der Waals surface area (Å²) < 4.78 is 24.0. The number of benzene rings is 2. The molecule has 0 bridgehead atoms. The number of carbonyl (C=O) groups is 1. The zero-order valence-corrected chi connectivity index (χ0v) is 15.4. The van der Waals surface area contributed by atoms with E-state index in [2.05, 4.69) is 5.32 Å². The third kappa shape index (κ3) is 4.53. The van der Waals surface area contributed by atoms with Gasteiger partial charge in [-0.1, -0.05) is 17.7 Å². The number of amides is 1. The number of anilines is 1. The van der Waals surface area contributed by atoms with Crippen molar-refractivity contribution in [3.63, 3.8) is 0 Å². The molecule has 0 radical (unpaired) electrons. The van der Waals surface area contributed by atoms with Gasteiger partial charge in [0.2, 0.25) is 0 Å². The number of carbonyl (C=O) groups excluding carboxylic acids is 1. The zero-order chi connectivity index (χ0) is 18.5. The van der Waals surface area contributed by atoms with Crippen LogP contribution in [-0.4, -0.2) is 13.0 Å². The lowest BCUT2D eigenvalue weighted by Gasteiger charge is -2.06. The fourth-order valence-corrected chi connectivity index (χ4v) is 3.17. The second-order valence-electron chi connectivity index (χ2n) is 5.37. The van der Waals surface area contributed by atoms with E-state index in [-0.39, 0.29) is 10.9 Å². The van der Waals surface area contributed by atoms with Gasteiger partial charge in [-0.3, -0.25) is 4.79 Å². The first-order chi connectivity index (χ1) is 12.5. The molecule has 3 aromatic rings. The van der Waals surface area contributed by atoms with Crippen LogP contribution in [-0.2, 0) is 6.61 Å². The fourth-order valence-electron chi connectivity index (χ4n) is 2.19. The van der Waals surface area contributed by atoms with E-state index in [1.807, 2.05) is 23.6 Å². The van der Waals surface area contributed by atoms with Crippen LogP contribution in [0.2, 0.25) is 5.02 Å². The normalized spacial score (nSPS) is 10.4. The molecule has 0 aliphatic heterocycles. The molecule has 2 aromatic carbocycles. The first-order valence-electron chi connectivity index (χ1n) is 7.66. The molecule has 0 aliphatic carbocycles. The maximum atomic E-state index is 13.2. The van der Waals surface area contributed by atoms with Gasteiger partial charge >= 0.3 is 0 Å². The quantitative estimate of drug-likeness (QED) is 0.613. The highest BCUT2D eigenvalue weighted by Gasteiger charge is 2.11. The molecule has 7 heteroatoms. The second kappa shape index (κ2) is 8.21. The SMILES string of the molecule is COc1cccc(OCc2csc(C(=O)Nc3ccc(F)c(Cl)c3)c2)c1. The molecular weight excluding hydrogens is 377 g/mol. The lowest BCUT2D eigenvalue weighted by Crippen LogP contribution is -2.10. The molecule has 0 atom stereocenters. The highest BCUT2D eigenvalue weighted by molar-refractivity contribution is 7.12. The van der Waals surface area contributed by atoms with Gasteiger partial charge in [-0.25, -0.2) is 4.39 Å². The third-order valence-corrected chi connectivity index (χ3v) is 4.77. The highest BCUT2D eigenvalue weighted by Crippen LogP contribution is 2.23. The number of nitrogens with one attached hydrogen (secondary N) is 1. The van der Waals surface area contributed by atoms with Crippen LogP contribution in [0, 0.1) is 5.82 Å². The molecule has 134 valence electrons. The Morgan fingerprint density at radius 3 is 2.77 bits per heavy atom. The molecule has 0 fully saturated rings. The summed E-state index contributed by atoms with van der Waals surface area (Å²) in [7, 11) is 1.59. The lowest BCUT2D eigenvalue weighted by molar-refractivity contribution is 0.103. The predicted molar refractivity (Wildman–Crippen MR) is 101 cm³/mol. The second-order valence-corrected chi connectivity index (χ2v) is 6.69. The fraction of sp³-hybridized carbons (Fsp3) is 0.105. The molecule has 0 saturated heterocycles. The first kappa shape index (κ1) is 18.2. The van der Waals surface area contributed by atoms with Crippen molar-refractivity contribution >= 4 is 34.5 Å². The Balaban J connectivity index is 1.61. The molecule has 0 unspecified atom stereocenters. The molecule has 1 N–H and O–H groups in total. The van der Waals surface area contributed by atoms with Crippen molar-refractivity contribution in [1.29, 1.82) is 0 Å². The van der Waals surface area contributed by atoms with Gasteiger partial charge in [-0.2, -0.15) is 0 Å². The van der Waals surface area contributed by atoms with Crippen molar-refractivity contribution in [2.75, 3.05) is 12.4 Å². The van der Waals surface area contributed by atoms with E-state index in [0.29, 0.717) is 28.7 Å². The van der Waals surface area contributed by atoms with E-state index < -0.39 is 5.82 Å². The van der Waals surface area contributed by atoms with Crippen LogP contribution < -0.4 is 14.8 Å². The number of thiophene rings is 1. The zero-order valence-electron chi connectivity index (χ0n) is 13.8. The maximum Gasteiger partial charge on any atom is 0.265 e. The Bertz CT molecular complexity index is 929. The molecular formula is C19H15ClFNO3S. The van der Waals surface area contributed by atoms with Crippen LogP contribution in [0.15, 0.2) is 53.9 Å². The topological polar surface area (TPSA) is 47.6 Å². The lowest BCUT2D eigenvalue weighted by atomic mass is 10.3. The molecule has 1 amide bonds. The van der Waals surface area contributed by atoms with Gasteiger partial charge in [0.25, 0.3) is 5.91 Å². The maximum absolute atomic E-state index is 13.2. The predicted octanol–water partition coefficient (Wildman–Crippen LogP) is 5.38.